The normalized spacial score (nSPS) is 11.5. The summed E-state index contributed by atoms with van der Waals surface area (Å²) >= 11 is 1.50. The highest BCUT2D eigenvalue weighted by atomic mass is 35.5. The second-order valence-electron chi connectivity index (χ2n) is 7.30. The van der Waals surface area contributed by atoms with Crippen LogP contribution >= 0.6 is 23.7 Å². The summed E-state index contributed by atoms with van der Waals surface area (Å²) in [4.78, 5) is 22.1. The van der Waals surface area contributed by atoms with Crippen molar-refractivity contribution in [2.75, 3.05) is 37.8 Å². The van der Waals surface area contributed by atoms with Gasteiger partial charge in [0, 0.05) is 18.7 Å². The Morgan fingerprint density at radius 2 is 1.71 bits per heavy atom. The molecule has 6 nitrogen and oxygen atoms in total. The first-order chi connectivity index (χ1) is 14.3. The third-order valence-electron chi connectivity index (χ3n) is 4.96. The average molecular weight is 482 g/mol. The van der Waals surface area contributed by atoms with Crippen molar-refractivity contribution in [3.05, 3.63) is 53.6 Å². The highest BCUT2D eigenvalue weighted by Crippen LogP contribution is 2.32. The Balaban J connectivity index is 0.00000341. The molecule has 168 valence electrons. The number of rotatable bonds is 8. The van der Waals surface area contributed by atoms with Gasteiger partial charge in [-0.3, -0.25) is 9.69 Å². The highest BCUT2D eigenvalue weighted by Gasteiger charge is 2.22. The van der Waals surface area contributed by atoms with Gasteiger partial charge in [-0.15, -0.1) is 12.4 Å². The fraction of sp³-hybridized carbons (Fsp3) is 0.364. The Labute approximate surface area is 194 Å². The maximum atomic E-state index is 13.3. The van der Waals surface area contributed by atoms with Gasteiger partial charge in [-0.2, -0.15) is 0 Å². The molecule has 0 spiro atoms. The first kappa shape index (κ1) is 25.3. The number of halogens is 1. The lowest BCUT2D eigenvalue weighted by Gasteiger charge is -2.22. The Morgan fingerprint density at radius 1 is 1.03 bits per heavy atom. The van der Waals surface area contributed by atoms with Crippen LogP contribution in [-0.2, 0) is 16.3 Å². The molecule has 0 unspecified atom stereocenters. The quantitative estimate of drug-likeness (QED) is 0.480. The largest absolute Gasteiger partial charge is 0.308 e. The van der Waals surface area contributed by atoms with E-state index in [1.54, 1.807) is 24.0 Å². The summed E-state index contributed by atoms with van der Waals surface area (Å²) < 4.78 is 25.2. The van der Waals surface area contributed by atoms with Crippen molar-refractivity contribution >= 4 is 54.8 Å². The summed E-state index contributed by atoms with van der Waals surface area (Å²) in [5, 5.41) is 0.656. The Hall–Kier alpha value is -2.00. The van der Waals surface area contributed by atoms with E-state index in [-0.39, 0.29) is 29.0 Å². The minimum atomic E-state index is -3.30. The molecule has 3 aromatic rings. The maximum absolute atomic E-state index is 13.3. The van der Waals surface area contributed by atoms with E-state index >= 15 is 0 Å². The van der Waals surface area contributed by atoms with Crippen LogP contribution < -0.4 is 4.90 Å². The van der Waals surface area contributed by atoms with E-state index in [2.05, 4.69) is 13.0 Å². The number of amides is 1. The number of carbonyl (C=O) groups is 1. The summed E-state index contributed by atoms with van der Waals surface area (Å²) in [5.41, 5.74) is 2.54. The molecule has 9 heteroatoms. The fourth-order valence-corrected chi connectivity index (χ4v) is 5.03. The molecular formula is C22H28ClN3O3S2. The van der Waals surface area contributed by atoms with Crippen LogP contribution in [0.1, 0.15) is 29.8 Å². The van der Waals surface area contributed by atoms with Gasteiger partial charge in [0.2, 0.25) is 0 Å². The van der Waals surface area contributed by atoms with Gasteiger partial charge in [0.1, 0.15) is 0 Å². The van der Waals surface area contributed by atoms with Crippen molar-refractivity contribution in [1.82, 2.24) is 9.88 Å². The molecule has 0 aliphatic carbocycles. The van der Waals surface area contributed by atoms with E-state index in [0.717, 1.165) is 22.2 Å². The monoisotopic (exact) mass is 481 g/mol. The maximum Gasteiger partial charge on any atom is 0.260 e. The highest BCUT2D eigenvalue weighted by molar-refractivity contribution is 7.91. The lowest BCUT2D eigenvalue weighted by Crippen LogP contribution is -2.36. The number of hydrogen-bond donors (Lipinski definition) is 0. The topological polar surface area (TPSA) is 70.6 Å². The molecule has 3 rings (SSSR count). The second kappa shape index (κ2) is 10.5. The Bertz CT molecular complexity index is 1140. The molecule has 0 saturated heterocycles. The smallest absolute Gasteiger partial charge is 0.260 e. The standard InChI is InChI=1S/C22H27N3O3S2.ClH/c1-5-16-8-7-9-19-20(16)23-22(29-19)25(15-14-24(3)4)21(26)17-10-12-18(13-11-17)30(27,28)6-2;/h7-13H,5-6,14-15H2,1-4H3;1H. The zero-order chi connectivity index (χ0) is 21.9. The lowest BCUT2D eigenvalue weighted by molar-refractivity contribution is 0.0985. The van der Waals surface area contributed by atoms with Crippen LogP contribution in [0.15, 0.2) is 47.4 Å². The minimum absolute atomic E-state index is 0. The van der Waals surface area contributed by atoms with Crippen molar-refractivity contribution in [1.29, 1.82) is 0 Å². The number of hydrogen-bond acceptors (Lipinski definition) is 6. The van der Waals surface area contributed by atoms with E-state index in [0.29, 0.717) is 23.8 Å². The van der Waals surface area contributed by atoms with Crippen LogP contribution in [0.25, 0.3) is 10.2 Å². The van der Waals surface area contributed by atoms with Crippen LogP contribution in [0.4, 0.5) is 5.13 Å². The fourth-order valence-electron chi connectivity index (χ4n) is 3.11. The van der Waals surface area contributed by atoms with E-state index < -0.39 is 9.84 Å². The van der Waals surface area contributed by atoms with E-state index in [1.165, 1.54) is 23.5 Å². The molecule has 0 bridgehead atoms. The summed E-state index contributed by atoms with van der Waals surface area (Å²) in [5.74, 6) is -0.157. The first-order valence-electron chi connectivity index (χ1n) is 9.94. The van der Waals surface area contributed by atoms with Gasteiger partial charge in [-0.1, -0.05) is 37.3 Å². The molecule has 1 aromatic heterocycles. The molecular weight excluding hydrogens is 454 g/mol. The van der Waals surface area contributed by atoms with Gasteiger partial charge in [-0.25, -0.2) is 13.4 Å². The van der Waals surface area contributed by atoms with E-state index in [1.807, 2.05) is 31.1 Å². The van der Waals surface area contributed by atoms with Crippen LogP contribution in [0.5, 0.6) is 0 Å². The van der Waals surface area contributed by atoms with Crippen molar-refractivity contribution in [2.45, 2.75) is 25.2 Å². The van der Waals surface area contributed by atoms with Crippen molar-refractivity contribution < 1.29 is 13.2 Å². The second-order valence-corrected chi connectivity index (χ2v) is 10.6. The summed E-state index contributed by atoms with van der Waals surface area (Å²) in [7, 11) is 0.616. The predicted molar refractivity (Wildman–Crippen MR) is 131 cm³/mol. The van der Waals surface area contributed by atoms with Crippen LogP contribution in [-0.4, -0.2) is 57.1 Å². The number of nitrogens with zero attached hydrogens (tertiary/aromatic N) is 3. The van der Waals surface area contributed by atoms with E-state index in [4.69, 9.17) is 4.98 Å². The van der Waals surface area contributed by atoms with Gasteiger partial charge in [0.15, 0.2) is 15.0 Å². The number of para-hydroxylation sites is 1. The number of fused-ring (bicyclic) bond motifs is 1. The number of benzene rings is 2. The average Bonchev–Trinajstić information content (AvgIpc) is 3.17. The number of likely N-dealkylation sites (N-methyl/N-ethyl adjacent to an activating group) is 1. The summed E-state index contributed by atoms with van der Waals surface area (Å²) in [6.45, 7) is 4.87. The summed E-state index contributed by atoms with van der Waals surface area (Å²) in [6, 6.07) is 12.3. The number of sulfone groups is 1. The van der Waals surface area contributed by atoms with Crippen molar-refractivity contribution in [3.63, 3.8) is 0 Å². The number of anilines is 1. The molecule has 0 N–H and O–H groups in total. The zero-order valence-electron chi connectivity index (χ0n) is 18.2. The minimum Gasteiger partial charge on any atom is -0.308 e. The lowest BCUT2D eigenvalue weighted by atomic mass is 10.1. The first-order valence-corrected chi connectivity index (χ1v) is 12.4. The van der Waals surface area contributed by atoms with Crippen LogP contribution in [0, 0.1) is 0 Å². The SMILES string of the molecule is CCc1cccc2sc(N(CCN(C)C)C(=O)c3ccc(S(=O)(=O)CC)cc3)nc12.Cl. The molecule has 2 aromatic carbocycles. The Morgan fingerprint density at radius 3 is 2.29 bits per heavy atom. The van der Waals surface area contributed by atoms with Crippen molar-refractivity contribution in [3.8, 4) is 0 Å². The number of carbonyl (C=O) groups excluding carboxylic acids is 1. The number of aromatic nitrogens is 1. The Kier molecular flexibility index (Phi) is 8.59. The molecule has 0 aliphatic rings. The number of aryl methyl sites for hydroxylation is 1. The van der Waals surface area contributed by atoms with Crippen LogP contribution in [0.2, 0.25) is 0 Å². The molecule has 1 amide bonds. The molecule has 31 heavy (non-hydrogen) atoms. The van der Waals surface area contributed by atoms with Crippen molar-refractivity contribution in [2.24, 2.45) is 0 Å². The molecule has 0 fully saturated rings. The zero-order valence-corrected chi connectivity index (χ0v) is 20.6. The number of thiazole rings is 1. The molecule has 0 atom stereocenters. The van der Waals surface area contributed by atoms with Gasteiger partial charge in [0.25, 0.3) is 5.91 Å². The third kappa shape index (κ3) is 5.63. The summed E-state index contributed by atoms with van der Waals surface area (Å²) in [6.07, 6.45) is 0.875. The molecule has 1 heterocycles. The van der Waals surface area contributed by atoms with Gasteiger partial charge in [0.05, 0.1) is 20.9 Å². The van der Waals surface area contributed by atoms with E-state index in [9.17, 15) is 13.2 Å². The third-order valence-corrected chi connectivity index (χ3v) is 7.75. The molecule has 0 aliphatic heterocycles. The van der Waals surface area contributed by atoms with Gasteiger partial charge >= 0.3 is 0 Å². The van der Waals surface area contributed by atoms with Gasteiger partial charge in [-0.05, 0) is 56.4 Å². The van der Waals surface area contributed by atoms with Crippen LogP contribution in [0.3, 0.4) is 0 Å². The molecule has 0 saturated carbocycles. The molecule has 0 radical (unpaired) electrons. The van der Waals surface area contributed by atoms with Gasteiger partial charge < -0.3 is 4.90 Å². The predicted octanol–water partition coefficient (Wildman–Crippen LogP) is 4.28.